The summed E-state index contributed by atoms with van der Waals surface area (Å²) < 4.78 is 0. The van der Waals surface area contributed by atoms with E-state index in [2.05, 4.69) is 50.2 Å². The molecule has 0 aliphatic rings. The average Bonchev–Trinajstić information content (AvgIpc) is 2.39. The highest BCUT2D eigenvalue weighted by Crippen LogP contribution is 2.30. The Bertz CT molecular complexity index is 521. The van der Waals surface area contributed by atoms with E-state index in [1.807, 2.05) is 18.2 Å². The lowest BCUT2D eigenvalue weighted by atomic mass is 9.78. The molecular weight excluding hydrogens is 279 g/mol. The fourth-order valence-corrected chi connectivity index (χ4v) is 4.36. The van der Waals surface area contributed by atoms with Gasteiger partial charge in [0.1, 0.15) is 0 Å². The number of hydrogen-bond donors (Lipinski definition) is 0. The summed E-state index contributed by atoms with van der Waals surface area (Å²) in [6.45, 7) is 4.43. The smallest absolute Gasteiger partial charge is 0.144 e. The van der Waals surface area contributed by atoms with Gasteiger partial charge in [0.2, 0.25) is 0 Å². The molecule has 3 heteroatoms. The fourth-order valence-electron chi connectivity index (χ4n) is 2.27. The van der Waals surface area contributed by atoms with Gasteiger partial charge >= 0.3 is 0 Å². The van der Waals surface area contributed by atoms with Crippen molar-refractivity contribution in [1.82, 2.24) is 0 Å². The van der Waals surface area contributed by atoms with E-state index in [1.54, 1.807) is 0 Å². The Kier molecular flexibility index (Phi) is 4.16. The SMILES string of the molecule is CC(C)(c1ccccc1)c1ccccc1[SiH](Cl)Cl. The van der Waals surface area contributed by atoms with Crippen LogP contribution in [0.15, 0.2) is 54.6 Å². The van der Waals surface area contributed by atoms with Crippen molar-refractivity contribution in [3.63, 3.8) is 0 Å². The van der Waals surface area contributed by atoms with Crippen molar-refractivity contribution < 1.29 is 0 Å². The molecule has 0 amide bonds. The zero-order valence-corrected chi connectivity index (χ0v) is 13.2. The average molecular weight is 295 g/mol. The second-order valence-electron chi connectivity index (χ2n) is 4.88. The molecule has 0 N–H and O–H groups in total. The third-order valence-corrected chi connectivity index (χ3v) is 5.75. The van der Waals surface area contributed by atoms with E-state index in [0.717, 1.165) is 5.19 Å². The van der Waals surface area contributed by atoms with E-state index in [0.29, 0.717) is 0 Å². The molecule has 0 radical (unpaired) electrons. The molecule has 0 saturated carbocycles. The van der Waals surface area contributed by atoms with Gasteiger partial charge in [0.15, 0.2) is 0 Å². The topological polar surface area (TPSA) is 0 Å². The van der Waals surface area contributed by atoms with Crippen LogP contribution in [0.2, 0.25) is 0 Å². The van der Waals surface area contributed by atoms with Crippen molar-refractivity contribution in [3.8, 4) is 0 Å². The largest absolute Gasteiger partial charge is 0.266 e. The lowest BCUT2D eigenvalue weighted by Gasteiger charge is -2.28. The first kappa shape index (κ1) is 13.7. The lowest BCUT2D eigenvalue weighted by Crippen LogP contribution is -2.32. The monoisotopic (exact) mass is 294 g/mol. The van der Waals surface area contributed by atoms with E-state index < -0.39 is 7.42 Å². The Morgan fingerprint density at radius 3 is 2.00 bits per heavy atom. The number of hydrogen-bond acceptors (Lipinski definition) is 0. The summed E-state index contributed by atoms with van der Waals surface area (Å²) in [7, 11) is -1.85. The quantitative estimate of drug-likeness (QED) is 0.595. The van der Waals surface area contributed by atoms with Crippen molar-refractivity contribution >= 4 is 34.8 Å². The Morgan fingerprint density at radius 1 is 0.833 bits per heavy atom. The van der Waals surface area contributed by atoms with E-state index in [9.17, 15) is 0 Å². The van der Waals surface area contributed by atoms with Crippen molar-refractivity contribution in [2.24, 2.45) is 0 Å². The van der Waals surface area contributed by atoms with Crippen LogP contribution in [-0.4, -0.2) is 7.42 Å². The maximum atomic E-state index is 6.21. The predicted octanol–water partition coefficient (Wildman–Crippen LogP) is 3.92. The van der Waals surface area contributed by atoms with Crippen molar-refractivity contribution in [2.45, 2.75) is 19.3 Å². The van der Waals surface area contributed by atoms with Crippen molar-refractivity contribution in [3.05, 3.63) is 65.7 Å². The first-order chi connectivity index (χ1) is 8.53. The van der Waals surface area contributed by atoms with Crippen LogP contribution in [0, 0.1) is 0 Å². The van der Waals surface area contributed by atoms with Crippen LogP contribution in [0.1, 0.15) is 25.0 Å². The van der Waals surface area contributed by atoms with Crippen LogP contribution >= 0.6 is 22.2 Å². The number of halogens is 2. The second-order valence-corrected chi connectivity index (χ2v) is 9.39. The molecule has 0 unspecified atom stereocenters. The summed E-state index contributed by atoms with van der Waals surface area (Å²) in [5, 5.41) is 1.12. The summed E-state index contributed by atoms with van der Waals surface area (Å²) in [4.78, 5) is 0. The first-order valence-electron chi connectivity index (χ1n) is 5.96. The second kappa shape index (κ2) is 5.48. The highest BCUT2D eigenvalue weighted by atomic mass is 35.7. The van der Waals surface area contributed by atoms with Gasteiger partial charge in [0, 0.05) is 5.41 Å². The summed E-state index contributed by atoms with van der Waals surface area (Å²) in [6, 6.07) is 18.7. The Hall–Kier alpha value is -0.763. The molecule has 0 atom stereocenters. The molecule has 0 heterocycles. The number of benzene rings is 2. The molecule has 0 aromatic heterocycles. The van der Waals surface area contributed by atoms with Gasteiger partial charge < -0.3 is 0 Å². The van der Waals surface area contributed by atoms with Crippen LogP contribution in [0.25, 0.3) is 0 Å². The molecule has 0 spiro atoms. The summed E-state index contributed by atoms with van der Waals surface area (Å²) in [5.74, 6) is 0. The van der Waals surface area contributed by atoms with Gasteiger partial charge in [-0.05, 0) is 16.3 Å². The summed E-state index contributed by atoms with van der Waals surface area (Å²) in [6.07, 6.45) is 0. The molecule has 0 bridgehead atoms. The molecule has 94 valence electrons. The molecule has 0 saturated heterocycles. The molecule has 0 fully saturated rings. The zero-order valence-electron chi connectivity index (χ0n) is 10.5. The molecule has 2 aromatic rings. The minimum absolute atomic E-state index is 0.0765. The van der Waals surface area contributed by atoms with Gasteiger partial charge in [-0.2, -0.15) is 0 Å². The molecule has 0 nitrogen and oxygen atoms in total. The fraction of sp³-hybridized carbons (Fsp3) is 0.200. The van der Waals surface area contributed by atoms with Gasteiger partial charge in [-0.1, -0.05) is 68.4 Å². The minimum atomic E-state index is -1.85. The minimum Gasteiger partial charge on any atom is -0.144 e. The van der Waals surface area contributed by atoms with E-state index >= 15 is 0 Å². The predicted molar refractivity (Wildman–Crippen MR) is 83.5 cm³/mol. The maximum Gasteiger partial charge on any atom is 0.266 e. The molecule has 2 rings (SSSR count). The Morgan fingerprint density at radius 2 is 1.39 bits per heavy atom. The highest BCUT2D eigenvalue weighted by molar-refractivity contribution is 7.39. The van der Waals surface area contributed by atoms with Crippen LogP contribution in [0.5, 0.6) is 0 Å². The van der Waals surface area contributed by atoms with Crippen molar-refractivity contribution in [1.29, 1.82) is 0 Å². The third-order valence-electron chi connectivity index (χ3n) is 3.36. The first-order valence-corrected chi connectivity index (χ1v) is 10.0. The highest BCUT2D eigenvalue weighted by Gasteiger charge is 2.27. The van der Waals surface area contributed by atoms with Crippen LogP contribution in [0.3, 0.4) is 0 Å². The molecule has 18 heavy (non-hydrogen) atoms. The van der Waals surface area contributed by atoms with Gasteiger partial charge in [-0.3, -0.25) is 0 Å². The van der Waals surface area contributed by atoms with Gasteiger partial charge in [0.25, 0.3) is 7.42 Å². The Labute approximate surface area is 120 Å². The van der Waals surface area contributed by atoms with E-state index in [4.69, 9.17) is 22.2 Å². The van der Waals surface area contributed by atoms with Gasteiger partial charge in [0.05, 0.1) is 0 Å². The zero-order chi connectivity index (χ0) is 13.2. The third kappa shape index (κ3) is 2.63. The molecular formula is C15H16Cl2Si. The maximum absolute atomic E-state index is 6.21. The molecule has 2 aromatic carbocycles. The van der Waals surface area contributed by atoms with E-state index in [1.165, 1.54) is 11.1 Å². The molecule has 0 aliphatic carbocycles. The van der Waals surface area contributed by atoms with Gasteiger partial charge in [-0.25, -0.2) is 0 Å². The summed E-state index contributed by atoms with van der Waals surface area (Å²) >= 11 is 12.4. The number of rotatable bonds is 3. The van der Waals surface area contributed by atoms with Crippen LogP contribution in [0.4, 0.5) is 0 Å². The lowest BCUT2D eigenvalue weighted by molar-refractivity contribution is 0.645. The Balaban J connectivity index is 2.54. The van der Waals surface area contributed by atoms with Crippen LogP contribution in [-0.2, 0) is 5.41 Å². The molecule has 0 aliphatic heterocycles. The standard InChI is InChI=1S/C15H16Cl2Si/c1-15(2,12-8-4-3-5-9-12)13-10-6-7-11-14(13)18(16)17/h3-11,18H,1-2H3. The van der Waals surface area contributed by atoms with E-state index in [-0.39, 0.29) is 5.41 Å². The van der Waals surface area contributed by atoms with Crippen molar-refractivity contribution in [2.75, 3.05) is 0 Å². The van der Waals surface area contributed by atoms with Gasteiger partial charge in [-0.15, -0.1) is 22.2 Å². The van der Waals surface area contributed by atoms with Crippen LogP contribution < -0.4 is 5.19 Å². The normalized spacial score (nSPS) is 11.8. The summed E-state index contributed by atoms with van der Waals surface area (Å²) in [5.41, 5.74) is 2.44.